The first-order chi connectivity index (χ1) is 9.76. The van der Waals surface area contributed by atoms with Crippen molar-refractivity contribution in [3.05, 3.63) is 33.9 Å². The molecule has 0 saturated carbocycles. The van der Waals surface area contributed by atoms with Gasteiger partial charge in [-0.1, -0.05) is 0 Å². The van der Waals surface area contributed by atoms with Gasteiger partial charge < -0.3 is 10.5 Å². The number of nitriles is 1. The fourth-order valence-corrected chi connectivity index (χ4v) is 1.60. The zero-order chi connectivity index (χ0) is 16.0. The Morgan fingerprint density at radius 2 is 2.10 bits per heavy atom. The summed E-state index contributed by atoms with van der Waals surface area (Å²) < 4.78 is 31.8. The van der Waals surface area contributed by atoms with Gasteiger partial charge >= 0.3 is 5.69 Å². The Morgan fingerprint density at radius 3 is 2.67 bits per heavy atom. The van der Waals surface area contributed by atoms with Gasteiger partial charge in [0.25, 0.3) is 0 Å². The molecule has 0 saturated heterocycles. The van der Waals surface area contributed by atoms with Crippen molar-refractivity contribution in [2.24, 2.45) is 5.73 Å². The second-order valence-electron chi connectivity index (χ2n) is 4.83. The summed E-state index contributed by atoms with van der Waals surface area (Å²) in [6.07, 6.45) is 1.52. The average Bonchev–Trinajstić information content (AvgIpc) is 2.41. The zero-order valence-corrected chi connectivity index (χ0v) is 11.4. The zero-order valence-electron chi connectivity index (χ0n) is 11.4. The lowest BCUT2D eigenvalue weighted by Gasteiger charge is -2.14. The molecule has 0 aliphatic heterocycles. The van der Waals surface area contributed by atoms with E-state index < -0.39 is 27.8 Å². The van der Waals surface area contributed by atoms with Crippen LogP contribution in [0.15, 0.2) is 12.1 Å². The molecule has 6 nitrogen and oxygen atoms in total. The van der Waals surface area contributed by atoms with Crippen LogP contribution in [0.1, 0.15) is 26.2 Å². The van der Waals surface area contributed by atoms with Crippen molar-refractivity contribution < 1.29 is 18.4 Å². The molecule has 8 heteroatoms. The number of nitrogens with two attached hydrogens (primary N) is 1. The van der Waals surface area contributed by atoms with Gasteiger partial charge in [-0.3, -0.25) is 10.1 Å². The standard InChI is InChI=1S/C13H15F2N3O3/c1-13(17,8-16)4-2-3-5-21-12-7-9(14)11(18(19)20)6-10(12)15/h6-7H,2-5,17H2,1H3. The minimum atomic E-state index is -1.16. The highest BCUT2D eigenvalue weighted by Gasteiger charge is 2.19. The molecule has 0 aliphatic carbocycles. The molecule has 0 aromatic heterocycles. The third-order valence-corrected chi connectivity index (χ3v) is 2.80. The van der Waals surface area contributed by atoms with Crippen LogP contribution in [0.5, 0.6) is 5.75 Å². The third kappa shape index (κ3) is 4.96. The van der Waals surface area contributed by atoms with E-state index in [0.717, 1.165) is 0 Å². The Kier molecular flexibility index (Phi) is 5.55. The highest BCUT2D eigenvalue weighted by Crippen LogP contribution is 2.26. The van der Waals surface area contributed by atoms with Crippen LogP contribution in [0.25, 0.3) is 0 Å². The Bertz CT molecular complexity index is 571. The van der Waals surface area contributed by atoms with Gasteiger partial charge in [-0.05, 0) is 26.2 Å². The van der Waals surface area contributed by atoms with Crippen LogP contribution in [0.2, 0.25) is 0 Å². The Labute approximate surface area is 120 Å². The van der Waals surface area contributed by atoms with E-state index in [4.69, 9.17) is 15.7 Å². The molecule has 1 rings (SSSR count). The summed E-state index contributed by atoms with van der Waals surface area (Å²) in [5.41, 5.74) is 3.76. The SMILES string of the molecule is CC(N)(C#N)CCCCOc1cc(F)c([N+](=O)[O-])cc1F. The number of nitro benzene ring substituents is 1. The number of ether oxygens (including phenoxy) is 1. The van der Waals surface area contributed by atoms with Crippen LogP contribution in [0.4, 0.5) is 14.5 Å². The van der Waals surface area contributed by atoms with E-state index in [9.17, 15) is 18.9 Å². The molecule has 114 valence electrons. The van der Waals surface area contributed by atoms with Crippen LogP contribution in [0.3, 0.4) is 0 Å². The van der Waals surface area contributed by atoms with Crippen LogP contribution in [0, 0.1) is 33.1 Å². The van der Waals surface area contributed by atoms with E-state index in [0.29, 0.717) is 31.4 Å². The van der Waals surface area contributed by atoms with Gasteiger partial charge in [0.1, 0.15) is 5.54 Å². The molecule has 1 aromatic rings. The molecular weight excluding hydrogens is 284 g/mol. The number of rotatable bonds is 7. The van der Waals surface area contributed by atoms with Crippen molar-refractivity contribution in [1.82, 2.24) is 0 Å². The van der Waals surface area contributed by atoms with Crippen molar-refractivity contribution in [3.8, 4) is 11.8 Å². The topological polar surface area (TPSA) is 102 Å². The van der Waals surface area contributed by atoms with E-state index in [2.05, 4.69) is 0 Å². The molecule has 0 bridgehead atoms. The molecule has 2 N–H and O–H groups in total. The molecule has 0 amide bonds. The summed E-state index contributed by atoms with van der Waals surface area (Å²) in [6.45, 7) is 1.69. The van der Waals surface area contributed by atoms with E-state index in [-0.39, 0.29) is 12.4 Å². The van der Waals surface area contributed by atoms with Gasteiger partial charge in [0.2, 0.25) is 5.82 Å². The van der Waals surface area contributed by atoms with Crippen molar-refractivity contribution in [1.29, 1.82) is 5.26 Å². The fraction of sp³-hybridized carbons (Fsp3) is 0.462. The molecule has 0 heterocycles. The molecule has 0 radical (unpaired) electrons. The van der Waals surface area contributed by atoms with Crippen molar-refractivity contribution in [2.45, 2.75) is 31.7 Å². The molecule has 1 atom stereocenters. The molecule has 0 fully saturated rings. The highest BCUT2D eigenvalue weighted by atomic mass is 19.1. The monoisotopic (exact) mass is 299 g/mol. The lowest BCUT2D eigenvalue weighted by molar-refractivity contribution is -0.387. The van der Waals surface area contributed by atoms with Gasteiger partial charge in [0, 0.05) is 6.07 Å². The van der Waals surface area contributed by atoms with E-state index in [1.165, 1.54) is 0 Å². The second-order valence-corrected chi connectivity index (χ2v) is 4.83. The first kappa shape index (κ1) is 16.8. The number of hydrogen-bond acceptors (Lipinski definition) is 5. The van der Waals surface area contributed by atoms with Gasteiger partial charge in [-0.15, -0.1) is 0 Å². The number of hydrogen-bond donors (Lipinski definition) is 1. The maximum atomic E-state index is 13.5. The first-order valence-corrected chi connectivity index (χ1v) is 6.23. The summed E-state index contributed by atoms with van der Waals surface area (Å²) in [4.78, 5) is 9.42. The minimum absolute atomic E-state index is 0.0929. The molecule has 21 heavy (non-hydrogen) atoms. The van der Waals surface area contributed by atoms with E-state index in [1.54, 1.807) is 6.92 Å². The second kappa shape index (κ2) is 6.95. The van der Waals surface area contributed by atoms with Crippen LogP contribution in [-0.2, 0) is 0 Å². The molecule has 1 aromatic carbocycles. The van der Waals surface area contributed by atoms with Gasteiger partial charge in [0.05, 0.1) is 23.7 Å². The van der Waals surface area contributed by atoms with Crippen LogP contribution >= 0.6 is 0 Å². The van der Waals surface area contributed by atoms with Crippen molar-refractivity contribution >= 4 is 5.69 Å². The van der Waals surface area contributed by atoms with Gasteiger partial charge in [0.15, 0.2) is 11.6 Å². The highest BCUT2D eigenvalue weighted by molar-refractivity contribution is 5.39. The van der Waals surface area contributed by atoms with Crippen molar-refractivity contribution in [3.63, 3.8) is 0 Å². The maximum Gasteiger partial charge on any atom is 0.307 e. The fourth-order valence-electron chi connectivity index (χ4n) is 1.60. The molecule has 0 aliphatic rings. The summed E-state index contributed by atoms with van der Waals surface area (Å²) in [5, 5.41) is 19.1. The molecular formula is C13H15F2N3O3. The number of nitrogens with zero attached hydrogens (tertiary/aromatic N) is 2. The summed E-state index contributed by atoms with van der Waals surface area (Å²) in [7, 11) is 0. The van der Waals surface area contributed by atoms with Crippen LogP contribution in [-0.4, -0.2) is 17.1 Å². The Morgan fingerprint density at radius 1 is 1.43 bits per heavy atom. The lowest BCUT2D eigenvalue weighted by atomic mass is 9.98. The third-order valence-electron chi connectivity index (χ3n) is 2.80. The van der Waals surface area contributed by atoms with E-state index >= 15 is 0 Å². The van der Waals surface area contributed by atoms with Crippen LogP contribution < -0.4 is 10.5 Å². The summed E-state index contributed by atoms with van der Waals surface area (Å²) in [6, 6.07) is 3.08. The Hall–Kier alpha value is -2.27. The largest absolute Gasteiger partial charge is 0.490 e. The molecule has 1 unspecified atom stereocenters. The van der Waals surface area contributed by atoms with Gasteiger partial charge in [-0.25, -0.2) is 4.39 Å². The predicted octanol–water partition coefficient (Wildman–Crippen LogP) is 2.66. The number of unbranched alkanes of at least 4 members (excludes halogenated alkanes) is 1. The lowest BCUT2D eigenvalue weighted by Crippen LogP contribution is -2.33. The smallest absolute Gasteiger partial charge is 0.307 e. The summed E-state index contributed by atoms with van der Waals surface area (Å²) >= 11 is 0. The normalized spacial score (nSPS) is 13.3. The van der Waals surface area contributed by atoms with Crippen molar-refractivity contribution in [2.75, 3.05) is 6.61 Å². The first-order valence-electron chi connectivity index (χ1n) is 6.23. The minimum Gasteiger partial charge on any atom is -0.490 e. The number of benzene rings is 1. The predicted molar refractivity (Wildman–Crippen MR) is 70.6 cm³/mol. The average molecular weight is 299 g/mol. The number of halogens is 2. The molecule has 0 spiro atoms. The maximum absolute atomic E-state index is 13.5. The Balaban J connectivity index is 2.52. The number of nitro groups is 1. The van der Waals surface area contributed by atoms with Gasteiger partial charge in [-0.2, -0.15) is 9.65 Å². The van der Waals surface area contributed by atoms with E-state index in [1.807, 2.05) is 6.07 Å². The summed E-state index contributed by atoms with van der Waals surface area (Å²) in [5.74, 6) is -2.53. The quantitative estimate of drug-likeness (QED) is 0.473.